The number of carbonyl (C=O) groups excluding carboxylic acids is 1. The Balaban J connectivity index is 1.94. The number of amides is 1. The van der Waals surface area contributed by atoms with Gasteiger partial charge in [0.05, 0.1) is 5.56 Å². The number of hydrogen-bond acceptors (Lipinski definition) is 2. The Morgan fingerprint density at radius 2 is 1.78 bits per heavy atom. The van der Waals surface area contributed by atoms with Crippen LogP contribution in [0.15, 0.2) is 54.7 Å². The highest BCUT2D eigenvalue weighted by molar-refractivity contribution is 6.05. The SMILES string of the molecule is Cc1ccc(-n2c(C)cc(C(=O)Nc3ccccn3)c2C)cc1. The fourth-order valence-corrected chi connectivity index (χ4v) is 2.70. The van der Waals surface area contributed by atoms with E-state index in [1.165, 1.54) is 5.56 Å². The van der Waals surface area contributed by atoms with E-state index in [4.69, 9.17) is 0 Å². The van der Waals surface area contributed by atoms with Crippen LogP contribution in [-0.2, 0) is 0 Å². The van der Waals surface area contributed by atoms with Gasteiger partial charge in [0.1, 0.15) is 5.82 Å². The second kappa shape index (κ2) is 6.08. The summed E-state index contributed by atoms with van der Waals surface area (Å²) in [6, 6.07) is 15.6. The maximum absolute atomic E-state index is 12.5. The summed E-state index contributed by atoms with van der Waals surface area (Å²) in [5.74, 6) is 0.410. The van der Waals surface area contributed by atoms with Gasteiger partial charge in [-0.3, -0.25) is 4.79 Å². The smallest absolute Gasteiger partial charge is 0.258 e. The van der Waals surface area contributed by atoms with E-state index in [0.29, 0.717) is 11.4 Å². The van der Waals surface area contributed by atoms with Crippen molar-refractivity contribution in [1.29, 1.82) is 0 Å². The quantitative estimate of drug-likeness (QED) is 0.793. The molecule has 0 aliphatic rings. The van der Waals surface area contributed by atoms with Gasteiger partial charge in [0, 0.05) is 23.3 Å². The van der Waals surface area contributed by atoms with Crippen molar-refractivity contribution in [2.45, 2.75) is 20.8 Å². The number of hydrogen-bond donors (Lipinski definition) is 1. The van der Waals surface area contributed by atoms with E-state index in [9.17, 15) is 4.79 Å². The van der Waals surface area contributed by atoms with Gasteiger partial charge in [0.2, 0.25) is 0 Å². The van der Waals surface area contributed by atoms with Crippen LogP contribution in [0.3, 0.4) is 0 Å². The zero-order chi connectivity index (χ0) is 16.4. The number of benzene rings is 1. The largest absolute Gasteiger partial charge is 0.318 e. The van der Waals surface area contributed by atoms with Crippen LogP contribution in [0.2, 0.25) is 0 Å². The lowest BCUT2D eigenvalue weighted by Gasteiger charge is -2.10. The highest BCUT2D eigenvalue weighted by Crippen LogP contribution is 2.22. The molecule has 0 unspecified atom stereocenters. The Bertz CT molecular complexity index is 833. The Labute approximate surface area is 135 Å². The number of anilines is 1. The minimum Gasteiger partial charge on any atom is -0.318 e. The lowest BCUT2D eigenvalue weighted by Crippen LogP contribution is -2.13. The van der Waals surface area contributed by atoms with Crippen LogP contribution in [0.4, 0.5) is 5.82 Å². The van der Waals surface area contributed by atoms with Crippen molar-refractivity contribution in [2.75, 3.05) is 5.32 Å². The zero-order valence-corrected chi connectivity index (χ0v) is 13.5. The van der Waals surface area contributed by atoms with Crippen molar-refractivity contribution < 1.29 is 4.79 Å². The van der Waals surface area contributed by atoms with Gasteiger partial charge in [-0.05, 0) is 51.1 Å². The number of rotatable bonds is 3. The molecule has 4 nitrogen and oxygen atoms in total. The lowest BCUT2D eigenvalue weighted by molar-refractivity contribution is 0.102. The van der Waals surface area contributed by atoms with Crippen LogP contribution in [-0.4, -0.2) is 15.5 Å². The molecule has 23 heavy (non-hydrogen) atoms. The summed E-state index contributed by atoms with van der Waals surface area (Å²) in [6.45, 7) is 6.02. The van der Waals surface area contributed by atoms with Gasteiger partial charge in [-0.15, -0.1) is 0 Å². The second-order valence-electron chi connectivity index (χ2n) is 5.62. The van der Waals surface area contributed by atoms with E-state index >= 15 is 0 Å². The first-order valence-electron chi connectivity index (χ1n) is 7.54. The molecule has 0 radical (unpaired) electrons. The van der Waals surface area contributed by atoms with Crippen molar-refractivity contribution in [1.82, 2.24) is 9.55 Å². The number of nitrogens with one attached hydrogen (secondary N) is 1. The average Bonchev–Trinajstić information content (AvgIpc) is 2.84. The van der Waals surface area contributed by atoms with E-state index in [2.05, 4.69) is 46.1 Å². The highest BCUT2D eigenvalue weighted by Gasteiger charge is 2.17. The predicted octanol–water partition coefficient (Wildman–Crippen LogP) is 4.05. The fraction of sp³-hybridized carbons (Fsp3) is 0.158. The molecule has 3 aromatic rings. The maximum atomic E-state index is 12.5. The van der Waals surface area contributed by atoms with E-state index in [1.54, 1.807) is 12.3 Å². The van der Waals surface area contributed by atoms with E-state index in [-0.39, 0.29) is 5.91 Å². The molecule has 0 saturated heterocycles. The van der Waals surface area contributed by atoms with Crippen molar-refractivity contribution in [3.8, 4) is 5.69 Å². The number of aryl methyl sites for hydroxylation is 2. The number of nitrogens with zero attached hydrogens (tertiary/aromatic N) is 2. The first-order valence-corrected chi connectivity index (χ1v) is 7.54. The third-order valence-corrected chi connectivity index (χ3v) is 3.87. The minimum atomic E-state index is -0.143. The zero-order valence-electron chi connectivity index (χ0n) is 13.5. The monoisotopic (exact) mass is 305 g/mol. The Hall–Kier alpha value is -2.88. The molecular formula is C19H19N3O. The normalized spacial score (nSPS) is 10.6. The summed E-state index contributed by atoms with van der Waals surface area (Å²) in [5, 5.41) is 2.84. The first kappa shape index (κ1) is 15.0. The van der Waals surface area contributed by atoms with Crippen LogP contribution < -0.4 is 5.32 Å². The average molecular weight is 305 g/mol. The molecule has 1 aromatic carbocycles. The van der Waals surface area contributed by atoms with Crippen molar-refractivity contribution in [3.05, 3.63) is 77.2 Å². The Morgan fingerprint density at radius 1 is 1.04 bits per heavy atom. The molecule has 1 amide bonds. The third-order valence-electron chi connectivity index (χ3n) is 3.87. The molecule has 0 aliphatic carbocycles. The van der Waals surface area contributed by atoms with Crippen molar-refractivity contribution in [2.24, 2.45) is 0 Å². The molecule has 116 valence electrons. The van der Waals surface area contributed by atoms with Crippen molar-refractivity contribution in [3.63, 3.8) is 0 Å². The summed E-state index contributed by atoms with van der Waals surface area (Å²) in [5.41, 5.74) is 4.87. The van der Waals surface area contributed by atoms with E-state index in [0.717, 1.165) is 17.1 Å². The van der Waals surface area contributed by atoms with Gasteiger partial charge in [-0.25, -0.2) is 4.98 Å². The molecule has 0 bridgehead atoms. The minimum absolute atomic E-state index is 0.143. The molecule has 2 heterocycles. The molecule has 0 saturated carbocycles. The molecule has 0 aliphatic heterocycles. The summed E-state index contributed by atoms with van der Waals surface area (Å²) < 4.78 is 2.09. The van der Waals surface area contributed by atoms with Crippen LogP contribution >= 0.6 is 0 Å². The molecular weight excluding hydrogens is 286 g/mol. The summed E-state index contributed by atoms with van der Waals surface area (Å²) in [6.07, 6.45) is 1.66. The third kappa shape index (κ3) is 3.01. The highest BCUT2D eigenvalue weighted by atomic mass is 16.1. The van der Waals surface area contributed by atoms with Gasteiger partial charge in [0.15, 0.2) is 0 Å². The van der Waals surface area contributed by atoms with Crippen LogP contribution in [0.1, 0.15) is 27.3 Å². The molecule has 3 rings (SSSR count). The molecule has 0 spiro atoms. The van der Waals surface area contributed by atoms with E-state index in [1.807, 2.05) is 32.0 Å². The fourth-order valence-electron chi connectivity index (χ4n) is 2.70. The molecule has 4 heteroatoms. The van der Waals surface area contributed by atoms with Crippen LogP contribution in [0, 0.1) is 20.8 Å². The summed E-state index contributed by atoms with van der Waals surface area (Å²) >= 11 is 0. The Morgan fingerprint density at radius 3 is 2.43 bits per heavy atom. The Kier molecular flexibility index (Phi) is 3.98. The summed E-state index contributed by atoms with van der Waals surface area (Å²) in [7, 11) is 0. The molecule has 2 aromatic heterocycles. The molecule has 0 fully saturated rings. The van der Waals surface area contributed by atoms with Gasteiger partial charge in [-0.1, -0.05) is 23.8 Å². The first-order chi connectivity index (χ1) is 11.1. The molecule has 1 N–H and O–H groups in total. The van der Waals surface area contributed by atoms with Gasteiger partial charge in [-0.2, -0.15) is 0 Å². The number of carbonyl (C=O) groups is 1. The van der Waals surface area contributed by atoms with E-state index < -0.39 is 0 Å². The van der Waals surface area contributed by atoms with Crippen molar-refractivity contribution >= 4 is 11.7 Å². The van der Waals surface area contributed by atoms with Crippen LogP contribution in [0.25, 0.3) is 5.69 Å². The van der Waals surface area contributed by atoms with Crippen LogP contribution in [0.5, 0.6) is 0 Å². The van der Waals surface area contributed by atoms with Gasteiger partial charge < -0.3 is 9.88 Å². The molecule has 0 atom stereocenters. The predicted molar refractivity (Wildman–Crippen MR) is 92.2 cm³/mol. The lowest BCUT2D eigenvalue weighted by atomic mass is 10.2. The van der Waals surface area contributed by atoms with Gasteiger partial charge >= 0.3 is 0 Å². The standard InChI is InChI=1S/C19H19N3O/c1-13-7-9-16(10-8-13)22-14(2)12-17(15(22)3)19(23)21-18-6-4-5-11-20-18/h4-12H,1-3H3,(H,20,21,23). The number of aromatic nitrogens is 2. The summed E-state index contributed by atoms with van der Waals surface area (Å²) in [4.78, 5) is 16.7. The van der Waals surface area contributed by atoms with Gasteiger partial charge in [0.25, 0.3) is 5.91 Å². The maximum Gasteiger partial charge on any atom is 0.258 e. The second-order valence-corrected chi connectivity index (χ2v) is 5.62. The number of pyridine rings is 1. The topological polar surface area (TPSA) is 46.9 Å².